The number of halogens is 4. The van der Waals surface area contributed by atoms with E-state index in [0.717, 1.165) is 5.57 Å². The normalized spacial score (nSPS) is 12.9. The lowest BCUT2D eigenvalue weighted by Crippen LogP contribution is -2.17. The average molecular weight is 323 g/mol. The van der Waals surface area contributed by atoms with Crippen molar-refractivity contribution >= 4 is 22.0 Å². The van der Waals surface area contributed by atoms with Crippen molar-refractivity contribution in [1.29, 1.82) is 0 Å². The minimum absolute atomic E-state index is 0.177. The minimum Gasteiger partial charge on any atom is -0.405 e. The largest absolute Gasteiger partial charge is 0.573 e. The summed E-state index contributed by atoms with van der Waals surface area (Å²) < 4.78 is 40.7. The summed E-state index contributed by atoms with van der Waals surface area (Å²) in [6, 6.07) is 6.11. The molecule has 0 atom stereocenters. The highest BCUT2D eigenvalue weighted by atomic mass is 79.9. The maximum absolute atomic E-state index is 12.2. The van der Waals surface area contributed by atoms with Gasteiger partial charge in [0.15, 0.2) is 0 Å². The molecule has 0 N–H and O–H groups in total. The lowest BCUT2D eigenvalue weighted by molar-refractivity contribution is -0.274. The third kappa shape index (κ3) is 4.72. The van der Waals surface area contributed by atoms with Gasteiger partial charge in [-0.15, -0.1) is 13.2 Å². The van der Waals surface area contributed by atoms with Gasteiger partial charge in [-0.3, -0.25) is 0 Å². The fourth-order valence-electron chi connectivity index (χ4n) is 1.38. The molecular formula is C13H14BrF3O. The number of hydrogen-bond donors (Lipinski definition) is 0. The SMILES string of the molecule is CC(C)C(=Cc1ccccc1OC(F)(F)F)CBr. The van der Waals surface area contributed by atoms with Crippen molar-refractivity contribution in [2.45, 2.75) is 20.2 Å². The molecule has 1 aromatic carbocycles. The smallest absolute Gasteiger partial charge is 0.405 e. The van der Waals surface area contributed by atoms with Crippen LogP contribution in [0.25, 0.3) is 6.08 Å². The summed E-state index contributed by atoms with van der Waals surface area (Å²) in [6.45, 7) is 3.97. The first kappa shape index (κ1) is 15.1. The molecule has 0 fully saturated rings. The van der Waals surface area contributed by atoms with Gasteiger partial charge in [0.25, 0.3) is 0 Å². The van der Waals surface area contributed by atoms with Gasteiger partial charge in [0.1, 0.15) is 5.75 Å². The fraction of sp³-hybridized carbons (Fsp3) is 0.385. The van der Waals surface area contributed by atoms with E-state index in [0.29, 0.717) is 10.9 Å². The Labute approximate surface area is 113 Å². The number of alkyl halides is 4. The van der Waals surface area contributed by atoms with Gasteiger partial charge in [0.05, 0.1) is 0 Å². The molecule has 1 aromatic rings. The second kappa shape index (κ2) is 6.27. The van der Waals surface area contributed by atoms with Crippen LogP contribution in [0.4, 0.5) is 13.2 Å². The number of benzene rings is 1. The highest BCUT2D eigenvalue weighted by Gasteiger charge is 2.31. The Bertz CT molecular complexity index is 424. The summed E-state index contributed by atoms with van der Waals surface area (Å²) in [5.74, 6) is 0.0763. The monoisotopic (exact) mass is 322 g/mol. The average Bonchev–Trinajstić information content (AvgIpc) is 2.25. The molecule has 0 saturated carbocycles. The van der Waals surface area contributed by atoms with E-state index in [4.69, 9.17) is 0 Å². The highest BCUT2D eigenvalue weighted by molar-refractivity contribution is 9.09. The molecule has 0 aliphatic heterocycles. The molecule has 0 spiro atoms. The molecular weight excluding hydrogens is 309 g/mol. The van der Waals surface area contributed by atoms with Crippen LogP contribution >= 0.6 is 15.9 Å². The quantitative estimate of drug-likeness (QED) is 0.707. The van der Waals surface area contributed by atoms with Crippen LogP contribution < -0.4 is 4.74 Å². The second-order valence-electron chi connectivity index (χ2n) is 4.09. The van der Waals surface area contributed by atoms with Gasteiger partial charge in [0, 0.05) is 10.9 Å². The molecule has 0 heterocycles. The highest BCUT2D eigenvalue weighted by Crippen LogP contribution is 2.29. The van der Waals surface area contributed by atoms with Gasteiger partial charge in [0.2, 0.25) is 0 Å². The molecule has 0 radical (unpaired) electrons. The molecule has 1 rings (SSSR count). The van der Waals surface area contributed by atoms with E-state index in [1.165, 1.54) is 12.1 Å². The van der Waals surface area contributed by atoms with Gasteiger partial charge in [-0.25, -0.2) is 0 Å². The summed E-state index contributed by atoms with van der Waals surface area (Å²) in [4.78, 5) is 0. The molecule has 5 heteroatoms. The number of rotatable bonds is 4. The molecule has 0 aliphatic rings. The lowest BCUT2D eigenvalue weighted by Gasteiger charge is -2.13. The Morgan fingerprint density at radius 3 is 2.44 bits per heavy atom. The van der Waals surface area contributed by atoms with Crippen LogP contribution in [0.15, 0.2) is 29.8 Å². The predicted octanol–water partition coefficient (Wildman–Crippen LogP) is 5.02. The summed E-state index contributed by atoms with van der Waals surface area (Å²) in [7, 11) is 0. The van der Waals surface area contributed by atoms with E-state index in [2.05, 4.69) is 20.7 Å². The number of ether oxygens (including phenoxy) is 1. The summed E-state index contributed by atoms with van der Waals surface area (Å²) in [6.07, 6.45) is -2.95. The van der Waals surface area contributed by atoms with Crippen LogP contribution in [0.5, 0.6) is 5.75 Å². The maximum Gasteiger partial charge on any atom is 0.573 e. The van der Waals surface area contributed by atoms with Gasteiger partial charge >= 0.3 is 6.36 Å². The van der Waals surface area contributed by atoms with E-state index in [9.17, 15) is 13.2 Å². The van der Waals surface area contributed by atoms with Crippen LogP contribution in [0, 0.1) is 5.92 Å². The van der Waals surface area contributed by atoms with Crippen molar-refractivity contribution in [1.82, 2.24) is 0 Å². The Kier molecular flexibility index (Phi) is 5.26. The Morgan fingerprint density at radius 2 is 1.94 bits per heavy atom. The third-order valence-corrected chi connectivity index (χ3v) is 3.03. The van der Waals surface area contributed by atoms with Gasteiger partial charge in [-0.2, -0.15) is 0 Å². The summed E-state index contributed by atoms with van der Waals surface area (Å²) in [5.41, 5.74) is 1.44. The van der Waals surface area contributed by atoms with Crippen LogP contribution in [0.2, 0.25) is 0 Å². The van der Waals surface area contributed by atoms with Crippen molar-refractivity contribution < 1.29 is 17.9 Å². The molecule has 100 valence electrons. The molecule has 0 aromatic heterocycles. The van der Waals surface area contributed by atoms with Crippen molar-refractivity contribution in [3.8, 4) is 5.75 Å². The maximum atomic E-state index is 12.2. The third-order valence-electron chi connectivity index (χ3n) is 2.38. The first-order valence-corrected chi connectivity index (χ1v) is 6.57. The van der Waals surface area contributed by atoms with Crippen molar-refractivity contribution in [3.63, 3.8) is 0 Å². The van der Waals surface area contributed by atoms with E-state index in [1.807, 2.05) is 13.8 Å². The molecule has 0 unspecified atom stereocenters. The van der Waals surface area contributed by atoms with E-state index >= 15 is 0 Å². The van der Waals surface area contributed by atoms with Crippen LogP contribution in [-0.2, 0) is 0 Å². The summed E-state index contributed by atoms with van der Waals surface area (Å²) in [5, 5.41) is 0.616. The topological polar surface area (TPSA) is 9.23 Å². The van der Waals surface area contributed by atoms with E-state index in [1.54, 1.807) is 18.2 Å². The fourth-order valence-corrected chi connectivity index (χ4v) is 2.19. The first-order valence-electron chi connectivity index (χ1n) is 5.44. The molecule has 0 bridgehead atoms. The van der Waals surface area contributed by atoms with Crippen LogP contribution in [-0.4, -0.2) is 11.7 Å². The standard InChI is InChI=1S/C13H14BrF3O/c1-9(2)11(8-14)7-10-5-3-4-6-12(10)18-13(15,16)17/h3-7,9H,8H2,1-2H3. The Hall–Kier alpha value is -0.970. The number of para-hydroxylation sites is 1. The van der Waals surface area contributed by atoms with Crippen LogP contribution in [0.1, 0.15) is 19.4 Å². The molecule has 1 nitrogen and oxygen atoms in total. The van der Waals surface area contributed by atoms with Gasteiger partial charge in [-0.1, -0.05) is 59.6 Å². The molecule has 0 aliphatic carbocycles. The molecule has 18 heavy (non-hydrogen) atoms. The molecule has 0 saturated heterocycles. The Morgan fingerprint density at radius 1 is 1.33 bits per heavy atom. The predicted molar refractivity (Wildman–Crippen MR) is 69.7 cm³/mol. The first-order chi connectivity index (χ1) is 8.33. The zero-order chi connectivity index (χ0) is 13.8. The summed E-state index contributed by atoms with van der Waals surface area (Å²) >= 11 is 3.33. The number of hydrogen-bond acceptors (Lipinski definition) is 1. The van der Waals surface area contributed by atoms with Crippen molar-refractivity contribution in [2.24, 2.45) is 5.92 Å². The van der Waals surface area contributed by atoms with Crippen molar-refractivity contribution in [3.05, 3.63) is 35.4 Å². The van der Waals surface area contributed by atoms with Crippen LogP contribution in [0.3, 0.4) is 0 Å². The zero-order valence-corrected chi connectivity index (χ0v) is 11.7. The number of allylic oxidation sites excluding steroid dienone is 1. The van der Waals surface area contributed by atoms with Gasteiger partial charge < -0.3 is 4.74 Å². The Balaban J connectivity index is 3.09. The zero-order valence-electron chi connectivity index (χ0n) is 10.1. The van der Waals surface area contributed by atoms with E-state index in [-0.39, 0.29) is 11.7 Å². The van der Waals surface area contributed by atoms with E-state index < -0.39 is 6.36 Å². The minimum atomic E-state index is -4.67. The lowest BCUT2D eigenvalue weighted by atomic mass is 10.0. The molecule has 0 amide bonds. The van der Waals surface area contributed by atoms with Gasteiger partial charge in [-0.05, 0) is 12.0 Å². The second-order valence-corrected chi connectivity index (χ2v) is 4.65. The van der Waals surface area contributed by atoms with Crippen molar-refractivity contribution in [2.75, 3.05) is 5.33 Å².